The van der Waals surface area contributed by atoms with Gasteiger partial charge < -0.3 is 26.2 Å². The van der Waals surface area contributed by atoms with Gasteiger partial charge in [-0.1, -0.05) is 132 Å². The van der Waals surface area contributed by atoms with Crippen LogP contribution in [0.25, 0.3) is 0 Å². The van der Waals surface area contributed by atoms with Gasteiger partial charge in [0, 0.05) is 6.54 Å². The van der Waals surface area contributed by atoms with Crippen molar-refractivity contribution in [1.29, 1.82) is 0 Å². The number of nitrogens with one attached hydrogen (secondary N) is 1. The molecule has 0 saturated carbocycles. The van der Waals surface area contributed by atoms with Crippen molar-refractivity contribution < 1.29 is 33.5 Å². The molecule has 0 aromatic rings. The first-order chi connectivity index (χ1) is 23.3. The van der Waals surface area contributed by atoms with E-state index in [1.165, 1.54) is 76.7 Å². The van der Waals surface area contributed by atoms with E-state index in [2.05, 4.69) is 55.6 Å². The van der Waals surface area contributed by atoms with Crippen molar-refractivity contribution >= 4 is 13.7 Å². The molecule has 0 bridgehead atoms. The SMILES string of the molecule is CCCCCCC/C=C/CC/C=C/CC/C=C/C(O)C(COP(=O)(O)OCCN)NC(=O)CC(O)/C=C\C/C=C\CCCCCCCC. The summed E-state index contributed by atoms with van der Waals surface area (Å²) in [5.41, 5.74) is 5.33. The fourth-order valence-corrected chi connectivity index (χ4v) is 5.55. The van der Waals surface area contributed by atoms with E-state index in [0.717, 1.165) is 32.1 Å². The van der Waals surface area contributed by atoms with E-state index in [9.17, 15) is 24.5 Å². The van der Waals surface area contributed by atoms with Gasteiger partial charge in [0.15, 0.2) is 0 Å². The highest BCUT2D eigenvalue weighted by Gasteiger charge is 2.27. The first-order valence-corrected chi connectivity index (χ1v) is 20.0. The summed E-state index contributed by atoms with van der Waals surface area (Å²) in [5.74, 6) is -0.532. The lowest BCUT2D eigenvalue weighted by Crippen LogP contribution is -2.46. The lowest BCUT2D eigenvalue weighted by molar-refractivity contribution is -0.124. The standard InChI is InChI=1S/C38H69N2O7P/c1-3-5-7-9-11-13-15-16-17-18-20-22-24-26-28-30-37(42)36(34-47-48(44,45)46-32-31-39)40-38(43)33-35(41)29-27-25-23-21-19-14-12-10-8-6-4-2/h15-16,20-23,27-30,35-37,41-42H,3-14,17-19,24-26,31-34,39H2,1-2H3,(H,40,43)(H,44,45)/b16-15+,22-20+,23-21-,29-27-,30-28+. The Bertz CT molecular complexity index is 951. The molecule has 6 N–H and O–H groups in total. The Morgan fingerprint density at radius 2 is 1.23 bits per heavy atom. The Hall–Kier alpha value is -1.84. The van der Waals surface area contributed by atoms with Crippen molar-refractivity contribution in [1.82, 2.24) is 5.32 Å². The number of allylic oxidation sites excluding steroid dienone is 8. The van der Waals surface area contributed by atoms with Gasteiger partial charge in [0.25, 0.3) is 0 Å². The molecule has 0 aliphatic rings. The molecule has 9 nitrogen and oxygen atoms in total. The third kappa shape index (κ3) is 31.4. The number of hydrogen-bond donors (Lipinski definition) is 5. The molecule has 48 heavy (non-hydrogen) atoms. The number of carbonyl (C=O) groups excluding carboxylic acids is 1. The number of phosphoric acid groups is 1. The number of rotatable bonds is 33. The summed E-state index contributed by atoms with van der Waals surface area (Å²) in [5, 5.41) is 23.7. The molecule has 0 aliphatic carbocycles. The Morgan fingerprint density at radius 1 is 0.708 bits per heavy atom. The highest BCUT2D eigenvalue weighted by atomic mass is 31.2. The second-order valence-corrected chi connectivity index (χ2v) is 13.7. The maximum Gasteiger partial charge on any atom is 0.472 e. The number of aliphatic hydroxyl groups excluding tert-OH is 2. The minimum atomic E-state index is -4.42. The lowest BCUT2D eigenvalue weighted by Gasteiger charge is -2.23. The van der Waals surface area contributed by atoms with Crippen LogP contribution in [0.15, 0.2) is 60.8 Å². The van der Waals surface area contributed by atoms with Crippen LogP contribution in [0.5, 0.6) is 0 Å². The second kappa shape index (κ2) is 33.6. The van der Waals surface area contributed by atoms with Gasteiger partial charge in [0.1, 0.15) is 0 Å². The Morgan fingerprint density at radius 3 is 1.81 bits per heavy atom. The Labute approximate surface area is 292 Å². The summed E-state index contributed by atoms with van der Waals surface area (Å²) in [6, 6.07) is -1.04. The van der Waals surface area contributed by atoms with E-state index < -0.39 is 38.6 Å². The fraction of sp³-hybridized carbons (Fsp3) is 0.711. The summed E-state index contributed by atoms with van der Waals surface area (Å²) in [6.07, 6.45) is 37.6. The third-order valence-electron chi connectivity index (χ3n) is 7.61. The molecule has 0 spiro atoms. The maximum atomic E-state index is 12.7. The predicted octanol–water partition coefficient (Wildman–Crippen LogP) is 8.52. The van der Waals surface area contributed by atoms with Crippen molar-refractivity contribution in [2.75, 3.05) is 19.8 Å². The first kappa shape index (κ1) is 46.2. The zero-order valence-electron chi connectivity index (χ0n) is 30.1. The molecule has 10 heteroatoms. The van der Waals surface area contributed by atoms with Crippen molar-refractivity contribution in [2.24, 2.45) is 5.73 Å². The number of nitrogens with two attached hydrogens (primary N) is 1. The van der Waals surface area contributed by atoms with Gasteiger partial charge >= 0.3 is 7.82 Å². The largest absolute Gasteiger partial charge is 0.472 e. The van der Waals surface area contributed by atoms with Crippen LogP contribution in [0.4, 0.5) is 0 Å². The van der Waals surface area contributed by atoms with Gasteiger partial charge in [-0.2, -0.15) is 0 Å². The molecular weight excluding hydrogens is 627 g/mol. The molecule has 0 aromatic heterocycles. The summed E-state index contributed by atoms with van der Waals surface area (Å²) in [4.78, 5) is 22.6. The van der Waals surface area contributed by atoms with Crippen LogP contribution in [0.1, 0.15) is 136 Å². The van der Waals surface area contributed by atoms with Crippen LogP contribution < -0.4 is 11.1 Å². The molecule has 4 atom stereocenters. The molecular formula is C38H69N2O7P. The van der Waals surface area contributed by atoms with Gasteiger partial charge in [0.05, 0.1) is 37.9 Å². The summed E-state index contributed by atoms with van der Waals surface area (Å²) in [7, 11) is -4.42. The smallest absolute Gasteiger partial charge is 0.389 e. The van der Waals surface area contributed by atoms with Crippen LogP contribution in [0.2, 0.25) is 0 Å². The van der Waals surface area contributed by atoms with Crippen LogP contribution in [0.3, 0.4) is 0 Å². The van der Waals surface area contributed by atoms with Crippen molar-refractivity contribution in [3.05, 3.63) is 60.8 Å². The minimum Gasteiger partial charge on any atom is -0.389 e. The van der Waals surface area contributed by atoms with Gasteiger partial charge in [0.2, 0.25) is 5.91 Å². The van der Waals surface area contributed by atoms with E-state index in [4.69, 9.17) is 14.8 Å². The quantitative estimate of drug-likeness (QED) is 0.0260. The average Bonchev–Trinajstić information content (AvgIpc) is 3.06. The lowest BCUT2D eigenvalue weighted by atomic mass is 10.1. The Balaban J connectivity index is 4.67. The van der Waals surface area contributed by atoms with E-state index in [0.29, 0.717) is 12.8 Å². The number of unbranched alkanes of at least 4 members (excludes halogenated alkanes) is 13. The number of aliphatic hydroxyl groups is 2. The van der Waals surface area contributed by atoms with Gasteiger partial charge in [-0.15, -0.1) is 0 Å². The van der Waals surface area contributed by atoms with Crippen LogP contribution in [-0.2, 0) is 18.4 Å². The van der Waals surface area contributed by atoms with Crippen LogP contribution >= 0.6 is 7.82 Å². The monoisotopic (exact) mass is 696 g/mol. The first-order valence-electron chi connectivity index (χ1n) is 18.5. The van der Waals surface area contributed by atoms with Crippen LogP contribution in [0, 0.1) is 0 Å². The molecule has 0 heterocycles. The molecule has 4 unspecified atom stereocenters. The molecule has 0 fully saturated rings. The van der Waals surface area contributed by atoms with E-state index in [1.54, 1.807) is 12.2 Å². The minimum absolute atomic E-state index is 0.0318. The second-order valence-electron chi connectivity index (χ2n) is 12.2. The number of phosphoric ester groups is 1. The molecule has 0 radical (unpaired) electrons. The molecule has 1 amide bonds. The zero-order chi connectivity index (χ0) is 35.6. The molecule has 0 aromatic carbocycles. The average molecular weight is 697 g/mol. The van der Waals surface area contributed by atoms with E-state index in [1.807, 2.05) is 6.08 Å². The number of amides is 1. The molecule has 278 valence electrons. The summed E-state index contributed by atoms with van der Waals surface area (Å²) in [6.45, 7) is 3.83. The highest BCUT2D eigenvalue weighted by molar-refractivity contribution is 7.47. The fourth-order valence-electron chi connectivity index (χ4n) is 4.79. The van der Waals surface area contributed by atoms with Crippen molar-refractivity contribution in [3.8, 4) is 0 Å². The maximum absolute atomic E-state index is 12.7. The predicted molar refractivity (Wildman–Crippen MR) is 199 cm³/mol. The third-order valence-corrected chi connectivity index (χ3v) is 8.59. The zero-order valence-corrected chi connectivity index (χ0v) is 31.0. The van der Waals surface area contributed by atoms with Gasteiger partial charge in [-0.25, -0.2) is 4.57 Å². The summed E-state index contributed by atoms with van der Waals surface area (Å²) < 4.78 is 21.9. The van der Waals surface area contributed by atoms with Crippen molar-refractivity contribution in [2.45, 2.75) is 154 Å². The van der Waals surface area contributed by atoms with Crippen LogP contribution in [-0.4, -0.2) is 59.0 Å². The topological polar surface area (TPSA) is 151 Å². The van der Waals surface area contributed by atoms with Gasteiger partial charge in [-0.3, -0.25) is 13.8 Å². The normalized spacial score (nSPS) is 15.7. The van der Waals surface area contributed by atoms with E-state index >= 15 is 0 Å². The molecule has 0 aliphatic heterocycles. The summed E-state index contributed by atoms with van der Waals surface area (Å²) >= 11 is 0. The number of hydrogen-bond acceptors (Lipinski definition) is 7. The number of carbonyl (C=O) groups is 1. The Kier molecular flexibility index (Phi) is 32.4. The van der Waals surface area contributed by atoms with Crippen molar-refractivity contribution in [3.63, 3.8) is 0 Å². The molecule has 0 saturated heterocycles. The molecule has 0 rings (SSSR count). The highest BCUT2D eigenvalue weighted by Crippen LogP contribution is 2.43. The van der Waals surface area contributed by atoms with Gasteiger partial charge in [-0.05, 0) is 57.8 Å². The van der Waals surface area contributed by atoms with E-state index in [-0.39, 0.29) is 19.6 Å².